The van der Waals surface area contributed by atoms with Gasteiger partial charge >= 0.3 is 0 Å². The van der Waals surface area contributed by atoms with Crippen LogP contribution in [0.4, 0.5) is 4.79 Å². The maximum atomic E-state index is 12.6. The molecule has 0 bridgehead atoms. The van der Waals surface area contributed by atoms with Crippen LogP contribution in [0, 0.1) is 0 Å². The van der Waals surface area contributed by atoms with E-state index in [1.54, 1.807) is 48.3 Å². The van der Waals surface area contributed by atoms with E-state index in [9.17, 15) is 14.4 Å². The monoisotopic (exact) mass is 488 g/mol. The third-order valence-corrected chi connectivity index (χ3v) is 6.81. The molecule has 12 heteroatoms. The number of benzene rings is 1. The van der Waals surface area contributed by atoms with E-state index in [1.807, 2.05) is 0 Å². The molecule has 164 valence electrons. The van der Waals surface area contributed by atoms with E-state index < -0.39 is 5.91 Å². The summed E-state index contributed by atoms with van der Waals surface area (Å²) < 4.78 is 1.64. The fourth-order valence-corrected chi connectivity index (χ4v) is 4.81. The Morgan fingerprint density at radius 2 is 2.09 bits per heavy atom. The lowest BCUT2D eigenvalue weighted by molar-refractivity contribution is -0.123. The number of thioether (sulfide) groups is 2. The van der Waals surface area contributed by atoms with Gasteiger partial charge in [-0.2, -0.15) is 5.10 Å². The summed E-state index contributed by atoms with van der Waals surface area (Å²) in [5, 5.41) is 8.43. The zero-order chi connectivity index (χ0) is 22.7. The molecule has 0 spiro atoms. The number of halogens is 1. The van der Waals surface area contributed by atoms with Crippen molar-refractivity contribution in [2.24, 2.45) is 7.05 Å². The van der Waals surface area contributed by atoms with Crippen molar-refractivity contribution in [3.05, 3.63) is 52.3 Å². The lowest BCUT2D eigenvalue weighted by Gasteiger charge is -2.13. The summed E-state index contributed by atoms with van der Waals surface area (Å²) in [5.41, 5.74) is 1.35. The Morgan fingerprint density at radius 1 is 1.28 bits per heavy atom. The summed E-state index contributed by atoms with van der Waals surface area (Å²) in [7, 11) is 1.78. The molecular weight excluding hydrogens is 472 g/mol. The Kier molecular flexibility index (Phi) is 6.77. The Labute approximate surface area is 196 Å². The van der Waals surface area contributed by atoms with E-state index >= 15 is 0 Å². The van der Waals surface area contributed by atoms with Gasteiger partial charge in [-0.15, -0.1) is 0 Å². The first kappa shape index (κ1) is 22.3. The van der Waals surface area contributed by atoms with Gasteiger partial charge in [0.15, 0.2) is 5.65 Å². The highest BCUT2D eigenvalue weighted by molar-refractivity contribution is 8.18. The van der Waals surface area contributed by atoms with Crippen molar-refractivity contribution >= 4 is 69.3 Å². The summed E-state index contributed by atoms with van der Waals surface area (Å²) in [4.78, 5) is 46.8. The van der Waals surface area contributed by atoms with Gasteiger partial charge in [0.1, 0.15) is 11.4 Å². The molecule has 2 aromatic heterocycles. The van der Waals surface area contributed by atoms with E-state index in [0.29, 0.717) is 26.2 Å². The predicted octanol–water partition coefficient (Wildman–Crippen LogP) is 2.96. The smallest absolute Gasteiger partial charge is 0.293 e. The number of amides is 3. The molecule has 1 saturated heterocycles. The number of carbonyl (C=O) groups excluding carboxylic acids is 3. The van der Waals surface area contributed by atoms with Gasteiger partial charge < -0.3 is 5.32 Å². The van der Waals surface area contributed by atoms with Crippen LogP contribution in [-0.4, -0.2) is 60.5 Å². The Bertz CT molecular complexity index is 1250. The minimum Gasteiger partial charge on any atom is -0.354 e. The Morgan fingerprint density at radius 3 is 2.91 bits per heavy atom. The van der Waals surface area contributed by atoms with Gasteiger partial charge in [-0.05, 0) is 29.5 Å². The van der Waals surface area contributed by atoms with Gasteiger partial charge in [0, 0.05) is 25.2 Å². The normalized spacial score (nSPS) is 15.2. The number of rotatable bonds is 7. The van der Waals surface area contributed by atoms with Crippen molar-refractivity contribution in [3.63, 3.8) is 0 Å². The molecule has 4 rings (SSSR count). The standard InChI is InChI=1S/C20H17ClN6O3S2/c1-26-17-13(9-25-26)18(24-11-23-17)31-10-16(28)22-6-7-27-19(29)15(32-20(27)30)8-12-4-2-3-5-14(12)21/h2-5,8-9,11H,6-7,10H2,1H3,(H,22,28). The maximum Gasteiger partial charge on any atom is 0.293 e. The van der Waals surface area contributed by atoms with Gasteiger partial charge in [-0.25, -0.2) is 9.97 Å². The maximum absolute atomic E-state index is 12.6. The zero-order valence-electron chi connectivity index (χ0n) is 16.8. The SMILES string of the molecule is Cn1ncc2c(SCC(=O)NCCN3C(=O)SC(=Cc4ccccc4Cl)C3=O)ncnc21. The number of nitrogens with zero attached hydrogens (tertiary/aromatic N) is 5. The third-order valence-electron chi connectivity index (χ3n) is 4.56. The molecule has 1 N–H and O–H groups in total. The zero-order valence-corrected chi connectivity index (χ0v) is 19.2. The molecular formula is C20H17ClN6O3S2. The molecule has 1 aliphatic rings. The number of hydrogen-bond donors (Lipinski definition) is 1. The molecule has 0 saturated carbocycles. The van der Waals surface area contributed by atoms with Crippen LogP contribution in [0.1, 0.15) is 5.56 Å². The van der Waals surface area contributed by atoms with Gasteiger partial charge in [-0.1, -0.05) is 41.6 Å². The van der Waals surface area contributed by atoms with Crippen LogP contribution in [0.25, 0.3) is 17.1 Å². The van der Waals surface area contributed by atoms with E-state index in [2.05, 4.69) is 20.4 Å². The number of carbonyl (C=O) groups is 3. The quantitative estimate of drug-likeness (QED) is 0.307. The first-order chi connectivity index (χ1) is 15.4. The number of fused-ring (bicyclic) bond motifs is 1. The number of imide groups is 1. The van der Waals surface area contributed by atoms with Gasteiger partial charge in [0.05, 0.1) is 22.2 Å². The summed E-state index contributed by atoms with van der Waals surface area (Å²) in [6.07, 6.45) is 4.69. The third kappa shape index (κ3) is 4.79. The molecule has 1 aromatic carbocycles. The minimum atomic E-state index is -0.400. The Hall–Kier alpha value is -2.89. The fraction of sp³-hybridized carbons (Fsp3) is 0.200. The number of hydrogen-bond acceptors (Lipinski definition) is 8. The van der Waals surface area contributed by atoms with Crippen molar-refractivity contribution in [1.29, 1.82) is 0 Å². The van der Waals surface area contributed by atoms with E-state index in [-0.39, 0.29) is 30.0 Å². The molecule has 1 aliphatic heterocycles. The van der Waals surface area contributed by atoms with E-state index in [0.717, 1.165) is 22.0 Å². The van der Waals surface area contributed by atoms with Crippen molar-refractivity contribution in [1.82, 2.24) is 30.0 Å². The van der Waals surface area contributed by atoms with Crippen molar-refractivity contribution in [3.8, 4) is 0 Å². The van der Waals surface area contributed by atoms with Crippen LogP contribution in [0.5, 0.6) is 0 Å². The van der Waals surface area contributed by atoms with Crippen LogP contribution in [0.3, 0.4) is 0 Å². The minimum absolute atomic E-state index is 0.0846. The molecule has 3 amide bonds. The molecule has 3 aromatic rings. The van der Waals surface area contributed by atoms with E-state index in [4.69, 9.17) is 11.6 Å². The molecule has 0 aliphatic carbocycles. The van der Waals surface area contributed by atoms with E-state index in [1.165, 1.54) is 18.1 Å². The molecule has 9 nitrogen and oxygen atoms in total. The highest BCUT2D eigenvalue weighted by Crippen LogP contribution is 2.33. The average Bonchev–Trinajstić information content (AvgIpc) is 3.28. The number of aryl methyl sites for hydroxylation is 1. The summed E-state index contributed by atoms with van der Waals surface area (Å²) in [5.74, 6) is -0.497. The molecule has 0 atom stereocenters. The Balaban J connectivity index is 1.29. The van der Waals surface area contributed by atoms with Gasteiger partial charge in [0.25, 0.3) is 11.1 Å². The van der Waals surface area contributed by atoms with Crippen LogP contribution >= 0.6 is 35.1 Å². The van der Waals surface area contributed by atoms with Gasteiger partial charge in [-0.3, -0.25) is 24.0 Å². The lowest BCUT2D eigenvalue weighted by atomic mass is 10.2. The van der Waals surface area contributed by atoms with Crippen LogP contribution in [0.15, 0.2) is 46.7 Å². The molecule has 32 heavy (non-hydrogen) atoms. The second kappa shape index (κ2) is 9.72. The van der Waals surface area contributed by atoms with Crippen LogP contribution in [0.2, 0.25) is 5.02 Å². The summed E-state index contributed by atoms with van der Waals surface area (Å²) in [6.45, 7) is 0.240. The highest BCUT2D eigenvalue weighted by atomic mass is 35.5. The first-order valence-electron chi connectivity index (χ1n) is 9.46. The fourth-order valence-electron chi connectivity index (χ4n) is 2.97. The molecule has 0 unspecified atom stereocenters. The predicted molar refractivity (Wildman–Crippen MR) is 124 cm³/mol. The lowest BCUT2D eigenvalue weighted by Crippen LogP contribution is -2.37. The first-order valence-corrected chi connectivity index (χ1v) is 11.6. The second-order valence-corrected chi connectivity index (χ2v) is 9.04. The highest BCUT2D eigenvalue weighted by Gasteiger charge is 2.34. The summed E-state index contributed by atoms with van der Waals surface area (Å²) >= 11 is 8.25. The van der Waals surface area contributed by atoms with Crippen molar-refractivity contribution in [2.75, 3.05) is 18.8 Å². The number of aromatic nitrogens is 4. The summed E-state index contributed by atoms with van der Waals surface area (Å²) in [6, 6.07) is 7.07. The largest absolute Gasteiger partial charge is 0.354 e. The molecule has 1 fully saturated rings. The van der Waals surface area contributed by atoms with Gasteiger partial charge in [0.2, 0.25) is 5.91 Å². The molecule has 0 radical (unpaired) electrons. The average molecular weight is 489 g/mol. The molecule has 3 heterocycles. The van der Waals surface area contributed by atoms with Crippen LogP contribution < -0.4 is 5.32 Å². The van der Waals surface area contributed by atoms with Crippen molar-refractivity contribution in [2.45, 2.75) is 5.03 Å². The van der Waals surface area contributed by atoms with Crippen molar-refractivity contribution < 1.29 is 14.4 Å². The topological polar surface area (TPSA) is 110 Å². The second-order valence-electron chi connectivity index (χ2n) is 6.68. The van der Waals surface area contributed by atoms with Crippen LogP contribution in [-0.2, 0) is 16.6 Å². The number of nitrogens with one attached hydrogen (secondary N) is 1.